The number of carbonyl (C=O) groups excluding carboxylic acids is 1. The molecule has 6 rings (SSSR count). The number of H-pyrrole nitrogens is 1. The summed E-state index contributed by atoms with van der Waals surface area (Å²) in [6.07, 6.45) is 2.44. The van der Waals surface area contributed by atoms with E-state index in [4.69, 9.17) is 9.72 Å². The predicted molar refractivity (Wildman–Crippen MR) is 180 cm³/mol. The number of imidazole rings is 1. The summed E-state index contributed by atoms with van der Waals surface area (Å²) in [5.41, 5.74) is 7.99. The van der Waals surface area contributed by atoms with Crippen LogP contribution in [0.1, 0.15) is 30.3 Å². The van der Waals surface area contributed by atoms with Crippen LogP contribution in [-0.2, 0) is 19.6 Å². The summed E-state index contributed by atoms with van der Waals surface area (Å²) in [5.74, 6) is 0.764. The van der Waals surface area contributed by atoms with Gasteiger partial charge in [0.15, 0.2) is 5.65 Å². The van der Waals surface area contributed by atoms with Gasteiger partial charge in [0.05, 0.1) is 35.7 Å². The zero-order valence-corrected chi connectivity index (χ0v) is 28.4. The van der Waals surface area contributed by atoms with Crippen LogP contribution in [0.25, 0.3) is 28.2 Å². The number of halogens is 1. The Morgan fingerprint density at radius 3 is 2.67 bits per heavy atom. The Morgan fingerprint density at radius 2 is 1.93 bits per heavy atom. The first kappa shape index (κ1) is 31.7. The van der Waals surface area contributed by atoms with E-state index in [1.165, 1.54) is 0 Å². The number of nitrogens with one attached hydrogen (secondary N) is 3. The van der Waals surface area contributed by atoms with Crippen molar-refractivity contribution in [3.63, 3.8) is 0 Å². The Labute approximate surface area is 271 Å². The quantitative estimate of drug-likeness (QED) is 0.237. The minimum absolute atomic E-state index is 0.0277. The molecule has 0 bridgehead atoms. The second-order valence-electron chi connectivity index (χ2n) is 11.7. The highest BCUT2D eigenvalue weighted by molar-refractivity contribution is 9.10. The normalized spacial score (nSPS) is 18.1. The smallest absolute Gasteiger partial charge is 0.238 e. The van der Waals surface area contributed by atoms with Crippen LogP contribution in [-0.4, -0.2) is 101 Å². The fourth-order valence-electron chi connectivity index (χ4n) is 6.21. The molecule has 0 spiro atoms. The van der Waals surface area contributed by atoms with Crippen LogP contribution >= 0.6 is 15.9 Å². The third-order valence-electron chi connectivity index (χ3n) is 8.61. The number of sulfonamides is 1. The van der Waals surface area contributed by atoms with E-state index in [0.29, 0.717) is 50.7 Å². The lowest BCUT2D eigenvalue weighted by Gasteiger charge is -2.25. The number of pyridine rings is 1. The Bertz CT molecular complexity index is 1850. The molecule has 4 aromatic rings. The Balaban J connectivity index is 1.23. The minimum Gasteiger partial charge on any atom is -0.379 e. The Kier molecular flexibility index (Phi) is 9.03. The molecule has 3 N–H and O–H groups in total. The number of amides is 1. The van der Waals surface area contributed by atoms with Crippen molar-refractivity contribution in [2.24, 2.45) is 0 Å². The minimum atomic E-state index is -3.23. The number of carbonyl (C=O) groups is 1. The van der Waals surface area contributed by atoms with Gasteiger partial charge in [-0.15, -0.1) is 0 Å². The molecule has 2 aliphatic rings. The second-order valence-corrected chi connectivity index (χ2v) is 14.8. The van der Waals surface area contributed by atoms with Gasteiger partial charge in [0.25, 0.3) is 0 Å². The lowest BCUT2D eigenvalue weighted by molar-refractivity contribution is -0.118. The monoisotopic (exact) mass is 698 g/mol. The van der Waals surface area contributed by atoms with Crippen molar-refractivity contribution in [1.82, 2.24) is 28.7 Å². The summed E-state index contributed by atoms with van der Waals surface area (Å²) in [6, 6.07) is 8.06. The molecular weight excluding hydrogens is 660 g/mol. The largest absolute Gasteiger partial charge is 0.379 e. The zero-order valence-electron chi connectivity index (χ0n) is 26.0. The van der Waals surface area contributed by atoms with Gasteiger partial charge in [-0.1, -0.05) is 0 Å². The van der Waals surface area contributed by atoms with Crippen molar-refractivity contribution >= 4 is 54.4 Å². The van der Waals surface area contributed by atoms with Crippen LogP contribution in [0.15, 0.2) is 34.9 Å². The van der Waals surface area contributed by atoms with E-state index in [-0.39, 0.29) is 17.7 Å². The average Bonchev–Trinajstić information content (AvgIpc) is 3.73. The van der Waals surface area contributed by atoms with Crippen LogP contribution < -0.4 is 10.6 Å². The topological polar surface area (TPSA) is 137 Å². The lowest BCUT2D eigenvalue weighted by Crippen LogP contribution is -2.41. The average molecular weight is 700 g/mol. The van der Waals surface area contributed by atoms with E-state index >= 15 is 0 Å². The molecule has 2 aliphatic heterocycles. The van der Waals surface area contributed by atoms with Crippen LogP contribution in [0, 0.1) is 20.8 Å². The van der Waals surface area contributed by atoms with Crippen molar-refractivity contribution in [2.45, 2.75) is 40.2 Å². The SMILES string of the molecule is CCS(=O)(=O)N1CC[C@H](Nc2c(Br)cnc3nc(-c4cc(C)n(-c5ccc(NC(=O)CN6CCOCC6)cc5C)c4C)[nH]c23)C1. The number of benzene rings is 1. The molecular formula is C31H39BrN8O4S. The van der Waals surface area contributed by atoms with Gasteiger partial charge >= 0.3 is 0 Å². The number of aromatic amines is 1. The maximum atomic E-state index is 12.6. The number of anilines is 2. The standard InChI is InChI=1S/C31H39BrN8O4S/c1-5-45(42,43)39-9-8-23(17-39)35-28-25(32)16-33-31-29(28)36-30(37-31)24-15-20(3)40(21(24)4)26-7-6-22(14-19(26)2)34-27(41)18-38-10-12-44-13-11-38/h6-7,14-16,23H,5,8-13,17-18H2,1-4H3,(H,34,41)(H2,33,35,36,37)/t23-/m0/s1. The van der Waals surface area contributed by atoms with Crippen LogP contribution in [0.5, 0.6) is 0 Å². The molecule has 0 saturated carbocycles. The molecule has 2 saturated heterocycles. The van der Waals surface area contributed by atoms with Crippen LogP contribution in [0.4, 0.5) is 11.4 Å². The Morgan fingerprint density at radius 1 is 1.16 bits per heavy atom. The van der Waals surface area contributed by atoms with Gasteiger partial charge in [0.1, 0.15) is 11.3 Å². The van der Waals surface area contributed by atoms with Crippen molar-refractivity contribution in [3.8, 4) is 17.1 Å². The van der Waals surface area contributed by atoms with E-state index in [2.05, 4.69) is 65.9 Å². The number of aromatic nitrogens is 4. The molecule has 12 nitrogen and oxygen atoms in total. The fourth-order valence-corrected chi connectivity index (χ4v) is 7.78. The highest BCUT2D eigenvalue weighted by atomic mass is 79.9. The van der Waals surface area contributed by atoms with E-state index in [9.17, 15) is 13.2 Å². The number of hydrogen-bond donors (Lipinski definition) is 3. The van der Waals surface area contributed by atoms with E-state index in [1.807, 2.05) is 25.1 Å². The summed E-state index contributed by atoms with van der Waals surface area (Å²) >= 11 is 3.63. The number of nitrogens with zero attached hydrogens (tertiary/aromatic N) is 5. The molecule has 3 aromatic heterocycles. The van der Waals surface area contributed by atoms with Gasteiger partial charge in [-0.2, -0.15) is 4.31 Å². The first-order valence-electron chi connectivity index (χ1n) is 15.2. The maximum Gasteiger partial charge on any atom is 0.238 e. The molecule has 0 unspecified atom stereocenters. The molecule has 1 aromatic carbocycles. The number of hydrogen-bond acceptors (Lipinski definition) is 8. The molecule has 2 fully saturated rings. The predicted octanol–water partition coefficient (Wildman–Crippen LogP) is 4.21. The first-order chi connectivity index (χ1) is 21.5. The van der Waals surface area contributed by atoms with Crippen molar-refractivity contribution in [3.05, 3.63) is 51.9 Å². The summed E-state index contributed by atoms with van der Waals surface area (Å²) in [6.45, 7) is 12.0. The zero-order chi connectivity index (χ0) is 31.9. The summed E-state index contributed by atoms with van der Waals surface area (Å²) < 4.78 is 34.7. The van der Waals surface area contributed by atoms with Gasteiger partial charge in [0.2, 0.25) is 15.9 Å². The molecule has 1 amide bonds. The van der Waals surface area contributed by atoms with Crippen molar-refractivity contribution < 1.29 is 17.9 Å². The molecule has 1 atom stereocenters. The number of aryl methyl sites for hydroxylation is 2. The number of morpholine rings is 1. The van der Waals surface area contributed by atoms with E-state index in [0.717, 1.165) is 62.7 Å². The lowest BCUT2D eigenvalue weighted by atomic mass is 10.1. The molecule has 0 aliphatic carbocycles. The number of rotatable bonds is 9. The van der Waals surface area contributed by atoms with Gasteiger partial charge in [-0.05, 0) is 79.9 Å². The summed E-state index contributed by atoms with van der Waals surface area (Å²) in [7, 11) is -3.23. The third-order valence-corrected chi connectivity index (χ3v) is 11.1. The maximum absolute atomic E-state index is 12.6. The molecule has 0 radical (unpaired) electrons. The molecule has 14 heteroatoms. The van der Waals surface area contributed by atoms with Gasteiger partial charge < -0.3 is 24.9 Å². The fraction of sp³-hybridized carbons (Fsp3) is 0.452. The summed E-state index contributed by atoms with van der Waals surface area (Å²) in [5, 5.41) is 6.58. The van der Waals surface area contributed by atoms with Crippen LogP contribution in [0.2, 0.25) is 0 Å². The summed E-state index contributed by atoms with van der Waals surface area (Å²) in [4.78, 5) is 27.6. The Hall–Kier alpha value is -3.30. The van der Waals surface area contributed by atoms with E-state index in [1.54, 1.807) is 17.4 Å². The number of fused-ring (bicyclic) bond motifs is 1. The number of ether oxygens (including phenoxy) is 1. The van der Waals surface area contributed by atoms with Crippen molar-refractivity contribution in [2.75, 3.05) is 62.3 Å². The third kappa shape index (κ3) is 6.52. The first-order valence-corrected chi connectivity index (χ1v) is 17.6. The second kappa shape index (κ2) is 12.8. The van der Waals surface area contributed by atoms with Crippen molar-refractivity contribution in [1.29, 1.82) is 0 Å². The van der Waals surface area contributed by atoms with E-state index < -0.39 is 10.0 Å². The highest BCUT2D eigenvalue weighted by Crippen LogP contribution is 2.35. The molecule has 5 heterocycles. The highest BCUT2D eigenvalue weighted by Gasteiger charge is 2.31. The van der Waals surface area contributed by atoms with Gasteiger partial charge in [-0.3, -0.25) is 9.69 Å². The van der Waals surface area contributed by atoms with Gasteiger partial charge in [-0.25, -0.2) is 18.4 Å². The van der Waals surface area contributed by atoms with Gasteiger partial charge in [0, 0.05) is 66.7 Å². The molecule has 45 heavy (non-hydrogen) atoms. The van der Waals surface area contributed by atoms with Crippen LogP contribution in [0.3, 0.4) is 0 Å². The molecule has 240 valence electrons.